The Morgan fingerprint density at radius 3 is 1.98 bits per heavy atom. The third-order valence-corrected chi connectivity index (χ3v) is 8.75. The van der Waals surface area contributed by atoms with Crippen LogP contribution in [0.4, 0.5) is 0 Å². The predicted molar refractivity (Wildman–Crippen MR) is 211 cm³/mol. The molecule has 0 aliphatic heterocycles. The maximum absolute atomic E-state index is 10.2. The minimum atomic E-state index is -3.01. The van der Waals surface area contributed by atoms with Crippen molar-refractivity contribution in [1.82, 2.24) is 0 Å². The van der Waals surface area contributed by atoms with Crippen LogP contribution < -0.4 is 0 Å². The predicted octanol–water partition coefficient (Wildman–Crippen LogP) is 13.4. The second-order valence-corrected chi connectivity index (χ2v) is 11.4. The lowest BCUT2D eigenvalue weighted by Crippen LogP contribution is -2.04. The van der Waals surface area contributed by atoms with E-state index in [9.17, 15) is 19.2 Å². The summed E-state index contributed by atoms with van der Waals surface area (Å²) in [7, 11) is 0. The third kappa shape index (κ3) is 4.01. The van der Waals surface area contributed by atoms with Crippen molar-refractivity contribution in [3.8, 4) is 22.3 Å². The smallest absolute Gasteiger partial charge is 0.136 e. The first kappa shape index (κ1) is 11.4. The zero-order valence-electron chi connectivity index (χ0n) is 55.1. The lowest BCUT2D eigenvalue weighted by Gasteiger charge is -2.25. The van der Waals surface area contributed by atoms with Crippen molar-refractivity contribution in [2.24, 2.45) is 0 Å². The normalized spacial score (nSPS) is 26.8. The van der Waals surface area contributed by atoms with Gasteiger partial charge in [-0.05, 0) is 113 Å². The summed E-state index contributed by atoms with van der Waals surface area (Å²) in [5.74, 6) is -2.17. The van der Waals surface area contributed by atoms with Crippen LogP contribution in [-0.4, -0.2) is 0 Å². The van der Waals surface area contributed by atoms with Crippen LogP contribution in [0.5, 0.6) is 0 Å². The Bertz CT molecular complexity index is 4530. The molecule has 1 nitrogen and oxygen atoms in total. The van der Waals surface area contributed by atoms with Gasteiger partial charge >= 0.3 is 0 Å². The topological polar surface area (TPSA) is 13.1 Å². The van der Waals surface area contributed by atoms with Crippen LogP contribution in [0.1, 0.15) is 75.7 Å². The van der Waals surface area contributed by atoms with Gasteiger partial charge in [0.1, 0.15) is 11.2 Å². The van der Waals surface area contributed by atoms with Gasteiger partial charge in [0.25, 0.3) is 0 Å². The summed E-state index contributed by atoms with van der Waals surface area (Å²) in [6, 6.07) is -25.5. The fourth-order valence-electron chi connectivity index (χ4n) is 6.71. The minimum Gasteiger partial charge on any atom is -0.456 e. The summed E-state index contributed by atoms with van der Waals surface area (Å²) in [5.41, 5.74) is -7.75. The van der Waals surface area contributed by atoms with Crippen LogP contribution in [0.25, 0.3) is 82.1 Å². The van der Waals surface area contributed by atoms with Crippen LogP contribution in [0, 0.1) is 0 Å². The first-order valence-electron chi connectivity index (χ1n) is 30.2. The molecule has 0 saturated carbocycles. The van der Waals surface area contributed by atoms with E-state index in [1.54, 1.807) is 0 Å². The van der Waals surface area contributed by atoms with Gasteiger partial charge in [-0.1, -0.05) is 145 Å². The molecule has 0 radical (unpaired) electrons. The maximum atomic E-state index is 10.2. The van der Waals surface area contributed by atoms with E-state index in [2.05, 4.69) is 0 Å². The Balaban J connectivity index is 1.37. The molecule has 1 aromatic heterocycles. The molecule has 0 amide bonds. The average Bonchev–Trinajstić information content (AvgIpc) is 3.41. The average molecular weight is 667 g/mol. The van der Waals surface area contributed by atoms with Crippen molar-refractivity contribution in [3.63, 3.8) is 0 Å². The first-order valence-corrected chi connectivity index (χ1v) is 15.1. The molecule has 0 bridgehead atoms. The van der Waals surface area contributed by atoms with Crippen molar-refractivity contribution in [2.75, 3.05) is 0 Å². The van der Waals surface area contributed by atoms with Crippen molar-refractivity contribution in [2.45, 2.75) is 18.7 Å². The largest absolute Gasteiger partial charge is 0.456 e. The fourth-order valence-corrected chi connectivity index (χ4v) is 6.71. The van der Waals surface area contributed by atoms with Gasteiger partial charge in [-0.2, -0.15) is 0 Å². The summed E-state index contributed by atoms with van der Waals surface area (Å²) in [6.07, 6.45) is -5.38. The van der Waals surface area contributed by atoms with Gasteiger partial charge in [-0.3, -0.25) is 0 Å². The third-order valence-electron chi connectivity index (χ3n) is 8.75. The lowest BCUT2D eigenvalue weighted by molar-refractivity contribution is 0.669. The molecule has 234 valence electrons. The molecule has 8 aromatic carbocycles. The molecular formula is C49H32O. The number of allylic oxidation sites excluding steroid dienone is 4. The second kappa shape index (κ2) is 10.7. The van der Waals surface area contributed by atoms with Gasteiger partial charge in [0.2, 0.25) is 0 Å². The van der Waals surface area contributed by atoms with Crippen LogP contribution in [-0.2, 0) is 6.37 Å². The quantitative estimate of drug-likeness (QED) is 0.171. The molecule has 2 aliphatic carbocycles. The molecule has 1 heterocycles. The van der Waals surface area contributed by atoms with Crippen LogP contribution >= 0.6 is 0 Å². The molecule has 0 N–H and O–H groups in total. The first-order chi connectivity index (χ1) is 37.2. The standard InChI is InChI=1S/C49H32O/c1-2-13-31-29-45-43(28-30(31)12-1)49-42(24-11-25-44(49)50-45)48-40-21-7-5-19-38(40)47(39-20-6-8-22-41(39)48)35-16-9-15-33(27-35)37-23-10-17-34-26-32-14-3-4-18-36(32)46(34)37/h1-25,28-29,33H,26-27H2/i1D,2D,3D,4D,5D,6D,7D,8D,9D,10D,11D,12D,13D,14D,15D,16D,17D,18D,19D,20D,21D,22D,23D,24D,25D,26D2,27D,28D,29D. The molecule has 2 aliphatic rings. The number of hydrogen-bond donors (Lipinski definition) is 0. The van der Waals surface area contributed by atoms with E-state index in [1.165, 1.54) is 0 Å². The Morgan fingerprint density at radius 2 is 1.18 bits per heavy atom. The molecule has 1 heteroatoms. The van der Waals surface area contributed by atoms with Crippen LogP contribution in [0.3, 0.4) is 0 Å². The lowest BCUT2D eigenvalue weighted by atomic mass is 9.79. The zero-order valence-corrected chi connectivity index (χ0v) is 25.1. The van der Waals surface area contributed by atoms with E-state index in [0.29, 0.717) is 0 Å². The molecule has 2 unspecified atom stereocenters. The fraction of sp³-hybridized carbons (Fsp3) is 0.0612. The maximum Gasteiger partial charge on any atom is 0.136 e. The number of benzene rings is 8. The Kier molecular flexibility index (Phi) is 2.44. The van der Waals surface area contributed by atoms with Crippen molar-refractivity contribution >= 4 is 59.8 Å². The number of hydrogen-bond acceptors (Lipinski definition) is 1. The molecule has 0 fully saturated rings. The van der Waals surface area contributed by atoms with Crippen molar-refractivity contribution in [3.05, 3.63) is 185 Å². The van der Waals surface area contributed by atoms with Gasteiger partial charge in [0.15, 0.2) is 0 Å². The number of rotatable bonds is 3. The monoisotopic (exact) mass is 666 g/mol. The van der Waals surface area contributed by atoms with Crippen LogP contribution in [0.2, 0.25) is 0 Å². The van der Waals surface area contributed by atoms with Crippen LogP contribution in [0.15, 0.2) is 168 Å². The molecule has 0 saturated heterocycles. The summed E-state index contributed by atoms with van der Waals surface area (Å²) >= 11 is 0. The molecule has 11 rings (SSSR count). The van der Waals surface area contributed by atoms with Gasteiger partial charge in [-0.25, -0.2) is 0 Å². The number of fused-ring (bicyclic) bond motifs is 9. The molecule has 2 atom stereocenters. The molecule has 9 aromatic rings. The Morgan fingerprint density at radius 1 is 0.540 bits per heavy atom. The van der Waals surface area contributed by atoms with Gasteiger partial charge < -0.3 is 4.42 Å². The molecule has 0 spiro atoms. The summed E-state index contributed by atoms with van der Waals surface area (Å²) in [5, 5.41) is -5.25. The van der Waals surface area contributed by atoms with E-state index < -0.39 is 286 Å². The summed E-state index contributed by atoms with van der Waals surface area (Å²) in [4.78, 5) is 0. The highest BCUT2D eigenvalue weighted by atomic mass is 16.3. The molecular weight excluding hydrogens is 605 g/mol. The van der Waals surface area contributed by atoms with E-state index in [0.717, 1.165) is 0 Å². The molecule has 50 heavy (non-hydrogen) atoms. The highest BCUT2D eigenvalue weighted by Crippen LogP contribution is 2.49. The number of furan rings is 1. The highest BCUT2D eigenvalue weighted by molar-refractivity contribution is 6.24. The Hall–Kier alpha value is -6.18. The zero-order chi connectivity index (χ0) is 58.9. The Labute approximate surface area is 332 Å². The van der Waals surface area contributed by atoms with Crippen molar-refractivity contribution in [1.29, 1.82) is 0 Å². The highest BCUT2D eigenvalue weighted by Gasteiger charge is 2.27. The van der Waals surface area contributed by atoms with E-state index >= 15 is 0 Å². The van der Waals surface area contributed by atoms with Crippen molar-refractivity contribution < 1.29 is 45.5 Å². The van der Waals surface area contributed by atoms with Gasteiger partial charge in [0, 0.05) is 20.8 Å². The van der Waals surface area contributed by atoms with Gasteiger partial charge in [-0.15, -0.1) is 0 Å². The minimum absolute atomic E-state index is 0.500. The van der Waals surface area contributed by atoms with E-state index in [4.69, 9.17) is 26.3 Å². The second-order valence-electron chi connectivity index (χ2n) is 11.4. The summed E-state index contributed by atoms with van der Waals surface area (Å²) in [6.45, 7) is 0. The van der Waals surface area contributed by atoms with E-state index in [-0.39, 0.29) is 0 Å². The SMILES string of the molecule is [2H]C1=C(c2c3c([2H])c([2H])c([2H])c([2H])c3c(-c3c([2H])c([2H])c([2H])c4oc5c([2H])c6c([2H])c([2H])c([2H])c([2H])c6c([2H])c5c34)c3c([2H])c([2H])c([2H])c([2H])c23)C([2H])C(c2c([2H])c([2H])c([2H])c3c2-c2c([2H])c([2H])c([2H])c([2H])c2C3([2H])[2H])C([2H])=C1[2H]. The summed E-state index contributed by atoms with van der Waals surface area (Å²) < 4.78 is 280. The van der Waals surface area contributed by atoms with E-state index in [1.807, 2.05) is 0 Å². The van der Waals surface area contributed by atoms with Gasteiger partial charge in [0.05, 0.1) is 37.0 Å².